The summed E-state index contributed by atoms with van der Waals surface area (Å²) in [6, 6.07) is 14.2. The molecule has 16 heavy (non-hydrogen) atoms. The SMILES string of the molecule is Cc1ccc2c(c1)[S+]([O-])c1ccccc1C2. The van der Waals surface area contributed by atoms with Gasteiger partial charge < -0.3 is 4.55 Å². The zero-order valence-corrected chi connectivity index (χ0v) is 9.88. The van der Waals surface area contributed by atoms with Gasteiger partial charge in [-0.15, -0.1) is 0 Å². The van der Waals surface area contributed by atoms with E-state index >= 15 is 0 Å². The molecule has 1 heterocycles. The maximum atomic E-state index is 12.4. The van der Waals surface area contributed by atoms with Crippen molar-refractivity contribution in [1.82, 2.24) is 0 Å². The first-order valence-corrected chi connectivity index (χ1v) is 6.50. The standard InChI is InChI=1S/C14H12OS/c1-10-6-7-12-9-11-4-2-3-5-13(11)16(15)14(12)8-10/h2-8H,9H2,1H3. The average Bonchev–Trinajstić information content (AvgIpc) is 2.31. The van der Waals surface area contributed by atoms with Crippen molar-refractivity contribution in [1.29, 1.82) is 0 Å². The number of hydrogen-bond donors (Lipinski definition) is 0. The lowest BCUT2D eigenvalue weighted by Crippen LogP contribution is -2.14. The Morgan fingerprint density at radius 1 is 1.00 bits per heavy atom. The minimum absolute atomic E-state index is 0.900. The number of fused-ring (bicyclic) bond motifs is 2. The van der Waals surface area contributed by atoms with Crippen LogP contribution in [0.1, 0.15) is 16.7 Å². The third kappa shape index (κ3) is 1.46. The fraction of sp³-hybridized carbons (Fsp3) is 0.143. The van der Waals surface area contributed by atoms with Gasteiger partial charge in [-0.05, 0) is 24.6 Å². The summed E-state index contributed by atoms with van der Waals surface area (Å²) in [5.41, 5.74) is 3.56. The van der Waals surface area contributed by atoms with Gasteiger partial charge in [-0.1, -0.05) is 30.3 Å². The van der Waals surface area contributed by atoms with Gasteiger partial charge in [-0.2, -0.15) is 0 Å². The highest BCUT2D eigenvalue weighted by molar-refractivity contribution is 7.91. The Morgan fingerprint density at radius 2 is 1.75 bits per heavy atom. The molecule has 2 aromatic carbocycles. The van der Waals surface area contributed by atoms with Crippen LogP contribution in [0, 0.1) is 6.92 Å². The molecule has 0 saturated heterocycles. The van der Waals surface area contributed by atoms with Crippen LogP contribution in [0.2, 0.25) is 0 Å². The molecular formula is C14H12OS. The summed E-state index contributed by atoms with van der Waals surface area (Å²) in [6.07, 6.45) is 0.900. The monoisotopic (exact) mass is 228 g/mol. The molecule has 0 spiro atoms. The zero-order valence-electron chi connectivity index (χ0n) is 9.07. The first kappa shape index (κ1) is 9.94. The molecule has 0 radical (unpaired) electrons. The van der Waals surface area contributed by atoms with E-state index in [4.69, 9.17) is 0 Å². The van der Waals surface area contributed by atoms with Crippen LogP contribution in [-0.2, 0) is 17.6 Å². The van der Waals surface area contributed by atoms with E-state index in [2.05, 4.69) is 18.2 Å². The third-order valence-corrected chi connectivity index (χ3v) is 4.55. The van der Waals surface area contributed by atoms with Gasteiger partial charge in [-0.25, -0.2) is 0 Å². The lowest BCUT2D eigenvalue weighted by Gasteiger charge is -2.21. The van der Waals surface area contributed by atoms with E-state index < -0.39 is 11.2 Å². The summed E-state index contributed by atoms with van der Waals surface area (Å²) in [5, 5.41) is 0. The summed E-state index contributed by atoms with van der Waals surface area (Å²) >= 11 is -1.00. The van der Waals surface area contributed by atoms with Gasteiger partial charge in [0.05, 0.1) is 0 Å². The van der Waals surface area contributed by atoms with E-state index in [0.717, 1.165) is 16.2 Å². The largest absolute Gasteiger partial charge is 0.606 e. The van der Waals surface area contributed by atoms with Crippen LogP contribution in [-0.4, -0.2) is 4.55 Å². The normalized spacial score (nSPS) is 17.8. The molecule has 1 aliphatic heterocycles. The van der Waals surface area contributed by atoms with Crippen LogP contribution in [0.5, 0.6) is 0 Å². The molecule has 80 valence electrons. The van der Waals surface area contributed by atoms with Crippen molar-refractivity contribution in [2.24, 2.45) is 0 Å². The van der Waals surface area contributed by atoms with E-state index in [9.17, 15) is 4.55 Å². The molecular weight excluding hydrogens is 216 g/mol. The van der Waals surface area contributed by atoms with Crippen LogP contribution < -0.4 is 0 Å². The first-order chi connectivity index (χ1) is 7.75. The second-order valence-electron chi connectivity index (χ2n) is 4.16. The van der Waals surface area contributed by atoms with Crippen molar-refractivity contribution in [2.75, 3.05) is 0 Å². The molecule has 1 atom stereocenters. The Hall–Kier alpha value is -1.25. The van der Waals surface area contributed by atoms with Crippen LogP contribution in [0.25, 0.3) is 0 Å². The lowest BCUT2D eigenvalue weighted by molar-refractivity contribution is 0.590. The van der Waals surface area contributed by atoms with Gasteiger partial charge in [0.25, 0.3) is 0 Å². The minimum atomic E-state index is -1.00. The summed E-state index contributed by atoms with van der Waals surface area (Å²) in [5.74, 6) is 0. The minimum Gasteiger partial charge on any atom is -0.606 e. The van der Waals surface area contributed by atoms with Crippen LogP contribution >= 0.6 is 0 Å². The smallest absolute Gasteiger partial charge is 0.162 e. The van der Waals surface area contributed by atoms with Gasteiger partial charge in [0.15, 0.2) is 9.79 Å². The van der Waals surface area contributed by atoms with Crippen molar-refractivity contribution in [3.63, 3.8) is 0 Å². The highest BCUT2D eigenvalue weighted by atomic mass is 32.2. The third-order valence-electron chi connectivity index (χ3n) is 2.98. The Balaban J connectivity index is 2.19. The predicted molar refractivity (Wildman–Crippen MR) is 65.1 cm³/mol. The quantitative estimate of drug-likeness (QED) is 0.635. The Bertz CT molecular complexity index is 548. The highest BCUT2D eigenvalue weighted by Gasteiger charge is 2.27. The molecule has 0 aliphatic carbocycles. The lowest BCUT2D eigenvalue weighted by atomic mass is 10.0. The van der Waals surface area contributed by atoms with Crippen molar-refractivity contribution in [3.8, 4) is 0 Å². The topological polar surface area (TPSA) is 23.1 Å². The average molecular weight is 228 g/mol. The second kappa shape index (κ2) is 3.65. The molecule has 0 aromatic heterocycles. The zero-order chi connectivity index (χ0) is 11.1. The van der Waals surface area contributed by atoms with Gasteiger partial charge >= 0.3 is 0 Å². The summed E-state index contributed by atoms with van der Waals surface area (Å²) < 4.78 is 12.4. The second-order valence-corrected chi connectivity index (χ2v) is 5.58. The number of aryl methyl sites for hydroxylation is 1. The van der Waals surface area contributed by atoms with E-state index in [1.54, 1.807) is 0 Å². The van der Waals surface area contributed by atoms with Gasteiger partial charge in [-0.3, -0.25) is 0 Å². The number of benzene rings is 2. The molecule has 0 N–H and O–H groups in total. The number of rotatable bonds is 0. The summed E-state index contributed by atoms with van der Waals surface area (Å²) in [6.45, 7) is 2.04. The molecule has 2 aromatic rings. The Labute approximate surface area is 98.3 Å². The fourth-order valence-corrected chi connectivity index (χ4v) is 3.62. The molecule has 3 rings (SSSR count). The predicted octanol–water partition coefficient (Wildman–Crippen LogP) is 3.07. The molecule has 1 aliphatic rings. The Morgan fingerprint density at radius 3 is 2.62 bits per heavy atom. The number of hydrogen-bond acceptors (Lipinski definition) is 1. The van der Waals surface area contributed by atoms with Crippen LogP contribution in [0.15, 0.2) is 52.3 Å². The Kier molecular flexibility index (Phi) is 2.27. The van der Waals surface area contributed by atoms with Crippen LogP contribution in [0.4, 0.5) is 0 Å². The molecule has 1 nitrogen and oxygen atoms in total. The molecule has 0 amide bonds. The molecule has 0 fully saturated rings. The van der Waals surface area contributed by atoms with Crippen LogP contribution in [0.3, 0.4) is 0 Å². The molecule has 0 saturated carbocycles. The van der Waals surface area contributed by atoms with E-state index in [1.807, 2.05) is 31.2 Å². The van der Waals surface area contributed by atoms with Gasteiger partial charge in [0.1, 0.15) is 0 Å². The van der Waals surface area contributed by atoms with Crippen molar-refractivity contribution >= 4 is 11.2 Å². The highest BCUT2D eigenvalue weighted by Crippen LogP contribution is 2.34. The van der Waals surface area contributed by atoms with E-state index in [0.29, 0.717) is 0 Å². The van der Waals surface area contributed by atoms with Gasteiger partial charge in [0.2, 0.25) is 0 Å². The molecule has 1 unspecified atom stereocenters. The summed E-state index contributed by atoms with van der Waals surface area (Å²) in [4.78, 5) is 1.96. The van der Waals surface area contributed by atoms with Crippen molar-refractivity contribution < 1.29 is 4.55 Å². The maximum absolute atomic E-state index is 12.4. The van der Waals surface area contributed by atoms with Crippen molar-refractivity contribution in [2.45, 2.75) is 23.1 Å². The molecule has 2 heteroatoms. The van der Waals surface area contributed by atoms with E-state index in [-0.39, 0.29) is 0 Å². The first-order valence-electron chi connectivity index (χ1n) is 5.35. The summed E-state index contributed by atoms with van der Waals surface area (Å²) in [7, 11) is 0. The fourth-order valence-electron chi connectivity index (χ4n) is 2.13. The van der Waals surface area contributed by atoms with E-state index in [1.165, 1.54) is 16.7 Å². The van der Waals surface area contributed by atoms with Gasteiger partial charge in [0, 0.05) is 28.7 Å². The molecule has 0 bridgehead atoms. The maximum Gasteiger partial charge on any atom is 0.162 e. The van der Waals surface area contributed by atoms with Crippen molar-refractivity contribution in [3.05, 3.63) is 59.2 Å².